The molecule has 0 aromatic heterocycles. The third kappa shape index (κ3) is 3.72. The van der Waals surface area contributed by atoms with Gasteiger partial charge in [0.15, 0.2) is 0 Å². The molecule has 2 aromatic carbocycles. The summed E-state index contributed by atoms with van der Waals surface area (Å²) in [6.45, 7) is 0. The minimum Gasteiger partial charge on any atom is -0.379 e. The molecular formula is C16H10N2O3S. The molecule has 0 amide bonds. The molecule has 0 N–H and O–H groups in total. The summed E-state index contributed by atoms with van der Waals surface area (Å²) in [5.74, 6) is 0.150. The van der Waals surface area contributed by atoms with Crippen LogP contribution in [0.5, 0.6) is 5.75 Å². The van der Waals surface area contributed by atoms with Crippen molar-refractivity contribution >= 4 is 16.2 Å². The van der Waals surface area contributed by atoms with E-state index >= 15 is 0 Å². The molecular weight excluding hydrogens is 300 g/mol. The minimum absolute atomic E-state index is 0.0365. The Kier molecular flexibility index (Phi) is 4.57. The molecule has 0 unspecified atom stereocenters. The highest BCUT2D eigenvalue weighted by Crippen LogP contribution is 2.19. The van der Waals surface area contributed by atoms with Crippen LogP contribution in [0.25, 0.3) is 6.08 Å². The van der Waals surface area contributed by atoms with Crippen molar-refractivity contribution in [2.75, 3.05) is 0 Å². The van der Waals surface area contributed by atoms with Crippen molar-refractivity contribution in [2.45, 2.75) is 4.90 Å². The summed E-state index contributed by atoms with van der Waals surface area (Å²) >= 11 is 0. The molecule has 0 saturated heterocycles. The van der Waals surface area contributed by atoms with E-state index in [-0.39, 0.29) is 16.2 Å². The molecule has 0 spiro atoms. The maximum Gasteiger partial charge on any atom is 0.339 e. The van der Waals surface area contributed by atoms with Gasteiger partial charge in [-0.15, -0.1) is 0 Å². The van der Waals surface area contributed by atoms with Gasteiger partial charge >= 0.3 is 10.1 Å². The first-order valence-electron chi connectivity index (χ1n) is 6.16. The molecule has 0 saturated carbocycles. The molecule has 5 nitrogen and oxygen atoms in total. The van der Waals surface area contributed by atoms with Crippen molar-refractivity contribution in [3.05, 3.63) is 65.7 Å². The zero-order chi connectivity index (χ0) is 16.0. The van der Waals surface area contributed by atoms with Crippen molar-refractivity contribution in [3.63, 3.8) is 0 Å². The van der Waals surface area contributed by atoms with E-state index in [2.05, 4.69) is 0 Å². The Labute approximate surface area is 128 Å². The standard InChI is InChI=1S/C16H10N2O3S/c17-11-14(12-18)10-13-6-8-15(9-7-13)21-22(19,20)16-4-2-1-3-5-16/h1-10H. The highest BCUT2D eigenvalue weighted by molar-refractivity contribution is 7.87. The molecule has 0 atom stereocenters. The van der Waals surface area contributed by atoms with E-state index in [1.807, 2.05) is 0 Å². The first kappa shape index (κ1) is 15.3. The van der Waals surface area contributed by atoms with E-state index in [4.69, 9.17) is 14.7 Å². The van der Waals surface area contributed by atoms with Crippen LogP contribution in [0.1, 0.15) is 5.56 Å². The van der Waals surface area contributed by atoms with Crippen molar-refractivity contribution < 1.29 is 12.6 Å². The van der Waals surface area contributed by atoms with Crippen molar-refractivity contribution in [3.8, 4) is 17.9 Å². The van der Waals surface area contributed by atoms with Gasteiger partial charge in [0.25, 0.3) is 0 Å². The number of benzene rings is 2. The quantitative estimate of drug-likeness (QED) is 0.639. The highest BCUT2D eigenvalue weighted by atomic mass is 32.2. The van der Waals surface area contributed by atoms with Gasteiger partial charge in [0.05, 0.1) is 0 Å². The second-order valence-electron chi connectivity index (χ2n) is 4.20. The lowest BCUT2D eigenvalue weighted by Gasteiger charge is -2.06. The molecule has 0 aliphatic rings. The average Bonchev–Trinajstić information content (AvgIpc) is 2.54. The Balaban J connectivity index is 2.21. The van der Waals surface area contributed by atoms with Crippen LogP contribution in [-0.2, 0) is 10.1 Å². The first-order chi connectivity index (χ1) is 10.5. The summed E-state index contributed by atoms with van der Waals surface area (Å²) in [7, 11) is -3.88. The zero-order valence-corrected chi connectivity index (χ0v) is 12.1. The Morgan fingerprint density at radius 1 is 0.955 bits per heavy atom. The average molecular weight is 310 g/mol. The number of nitriles is 2. The van der Waals surface area contributed by atoms with Gasteiger partial charge in [-0.25, -0.2) is 0 Å². The molecule has 2 aromatic rings. The summed E-state index contributed by atoms with van der Waals surface area (Å²) in [5, 5.41) is 17.4. The van der Waals surface area contributed by atoms with E-state index in [1.165, 1.54) is 30.3 Å². The lowest BCUT2D eigenvalue weighted by atomic mass is 10.1. The summed E-state index contributed by atoms with van der Waals surface area (Å²) in [6.07, 6.45) is 1.40. The lowest BCUT2D eigenvalue weighted by molar-refractivity contribution is 0.486. The summed E-state index contributed by atoms with van der Waals surface area (Å²) in [5.41, 5.74) is 0.563. The van der Waals surface area contributed by atoms with E-state index < -0.39 is 10.1 Å². The number of hydrogen-bond acceptors (Lipinski definition) is 5. The van der Waals surface area contributed by atoms with E-state index in [0.29, 0.717) is 5.56 Å². The van der Waals surface area contributed by atoms with Gasteiger partial charge in [-0.05, 0) is 35.9 Å². The lowest BCUT2D eigenvalue weighted by Crippen LogP contribution is -2.09. The predicted octanol–water partition coefficient (Wildman–Crippen LogP) is 2.88. The molecule has 6 heteroatoms. The van der Waals surface area contributed by atoms with Gasteiger partial charge in [-0.2, -0.15) is 18.9 Å². The van der Waals surface area contributed by atoms with Crippen molar-refractivity contribution in [1.82, 2.24) is 0 Å². The third-order valence-corrected chi connectivity index (χ3v) is 3.93. The van der Waals surface area contributed by atoms with Crippen LogP contribution < -0.4 is 4.18 Å². The number of rotatable bonds is 4. The van der Waals surface area contributed by atoms with Crippen LogP contribution in [0.4, 0.5) is 0 Å². The number of allylic oxidation sites excluding steroid dienone is 1. The summed E-state index contributed by atoms with van der Waals surface area (Å²) < 4.78 is 29.1. The van der Waals surface area contributed by atoms with E-state index in [1.54, 1.807) is 42.5 Å². The molecule has 0 heterocycles. The minimum atomic E-state index is -3.88. The fourth-order valence-corrected chi connectivity index (χ4v) is 2.59. The fraction of sp³-hybridized carbons (Fsp3) is 0. The SMILES string of the molecule is N#CC(C#N)=Cc1ccc(OS(=O)(=O)c2ccccc2)cc1. The van der Waals surface area contributed by atoms with Gasteiger partial charge in [0, 0.05) is 0 Å². The highest BCUT2D eigenvalue weighted by Gasteiger charge is 2.15. The Hall–Kier alpha value is -3.09. The largest absolute Gasteiger partial charge is 0.379 e. The molecule has 0 aliphatic carbocycles. The van der Waals surface area contributed by atoms with Gasteiger partial charge in [-0.3, -0.25) is 0 Å². The topological polar surface area (TPSA) is 90.9 Å². The normalized spacial score (nSPS) is 10.1. The Morgan fingerprint density at radius 2 is 1.55 bits per heavy atom. The third-order valence-electron chi connectivity index (χ3n) is 2.67. The van der Waals surface area contributed by atoms with Crippen LogP contribution in [0.3, 0.4) is 0 Å². The monoisotopic (exact) mass is 310 g/mol. The van der Waals surface area contributed by atoms with Crippen molar-refractivity contribution in [1.29, 1.82) is 10.5 Å². The maximum atomic E-state index is 12.0. The van der Waals surface area contributed by atoms with Crippen LogP contribution in [-0.4, -0.2) is 8.42 Å². The zero-order valence-electron chi connectivity index (χ0n) is 11.3. The maximum absolute atomic E-state index is 12.0. The van der Waals surface area contributed by atoms with Crippen molar-refractivity contribution in [2.24, 2.45) is 0 Å². The molecule has 108 valence electrons. The molecule has 0 aliphatic heterocycles. The Morgan fingerprint density at radius 3 is 2.09 bits per heavy atom. The van der Waals surface area contributed by atoms with E-state index in [0.717, 1.165) is 0 Å². The molecule has 2 rings (SSSR count). The van der Waals surface area contributed by atoms with Gasteiger partial charge in [-0.1, -0.05) is 30.3 Å². The van der Waals surface area contributed by atoms with Gasteiger partial charge in [0.1, 0.15) is 28.4 Å². The molecule has 0 bridgehead atoms. The Bertz CT molecular complexity index is 856. The number of hydrogen-bond donors (Lipinski definition) is 0. The molecule has 0 radical (unpaired) electrons. The summed E-state index contributed by atoms with van der Waals surface area (Å²) in [4.78, 5) is 0.0650. The fourth-order valence-electron chi connectivity index (χ4n) is 1.64. The molecule has 22 heavy (non-hydrogen) atoms. The number of nitrogens with zero attached hydrogens (tertiary/aromatic N) is 2. The van der Waals surface area contributed by atoms with Gasteiger partial charge in [0.2, 0.25) is 0 Å². The van der Waals surface area contributed by atoms with Crippen LogP contribution in [0.2, 0.25) is 0 Å². The smallest absolute Gasteiger partial charge is 0.339 e. The van der Waals surface area contributed by atoms with Gasteiger partial charge < -0.3 is 4.18 Å². The van der Waals surface area contributed by atoms with Crippen LogP contribution in [0.15, 0.2) is 65.1 Å². The second kappa shape index (κ2) is 6.57. The first-order valence-corrected chi connectivity index (χ1v) is 7.57. The predicted molar refractivity (Wildman–Crippen MR) is 79.9 cm³/mol. The van der Waals surface area contributed by atoms with E-state index in [9.17, 15) is 8.42 Å². The van der Waals surface area contributed by atoms with Crippen LogP contribution >= 0.6 is 0 Å². The van der Waals surface area contributed by atoms with Crippen LogP contribution in [0, 0.1) is 22.7 Å². The second-order valence-corrected chi connectivity index (χ2v) is 5.75. The summed E-state index contributed by atoms with van der Waals surface area (Å²) in [6, 6.07) is 17.3. The molecule has 0 fully saturated rings.